The summed E-state index contributed by atoms with van der Waals surface area (Å²) in [6.07, 6.45) is -21.4. The van der Waals surface area contributed by atoms with E-state index in [4.69, 9.17) is 28.4 Å². The van der Waals surface area contributed by atoms with E-state index in [1.165, 1.54) is 0 Å². The molecule has 0 saturated carbocycles. The minimum absolute atomic E-state index is 0.0228. The highest BCUT2D eigenvalue weighted by Crippen LogP contribution is 2.31. The topological polar surface area (TPSA) is 237 Å². The van der Waals surface area contributed by atoms with E-state index in [2.05, 4.69) is 0 Å². The van der Waals surface area contributed by atoms with Crippen molar-refractivity contribution in [3.63, 3.8) is 0 Å². The fraction of sp³-hybridized carbons (Fsp3) is 0.750. The highest BCUT2D eigenvalue weighted by atomic mass is 16.8. The molecule has 3 saturated heterocycles. The van der Waals surface area contributed by atoms with E-state index in [1.807, 2.05) is 0 Å². The molecule has 222 valence electrons. The van der Waals surface area contributed by atoms with Gasteiger partial charge in [-0.15, -0.1) is 0 Å². The number of aliphatic hydroxyl groups excluding tert-OH is 9. The summed E-state index contributed by atoms with van der Waals surface area (Å²) < 4.78 is 33.3. The van der Waals surface area contributed by atoms with Gasteiger partial charge in [0.05, 0.1) is 26.4 Å². The average molecular weight is 565 g/mol. The molecule has 0 bridgehead atoms. The number of hydrogen-bond acceptors (Lipinski definition) is 15. The second kappa shape index (κ2) is 13.5. The molecule has 3 aliphatic heterocycles. The Morgan fingerprint density at radius 3 is 2.00 bits per heavy atom. The van der Waals surface area contributed by atoms with Crippen LogP contribution in [-0.2, 0) is 35.0 Å². The summed E-state index contributed by atoms with van der Waals surface area (Å²) in [4.78, 5) is 0. The SMILES string of the molecule is OC[C@H]1O[C@H](O[C@H]2[C@@H](OCc3ccccc3)O[C@H](CO[C@H]3OC[C@@H](O)[C@H](O)[C@H]3O)[C@@H](O)[C@@H]2O)[C@H](O)[C@@H](O)[C@@H]1O. The van der Waals surface area contributed by atoms with E-state index in [0.29, 0.717) is 0 Å². The Labute approximate surface area is 223 Å². The third-order valence-corrected chi connectivity index (χ3v) is 6.92. The summed E-state index contributed by atoms with van der Waals surface area (Å²) in [7, 11) is 0. The van der Waals surface area contributed by atoms with Gasteiger partial charge < -0.3 is 74.4 Å². The summed E-state index contributed by atoms with van der Waals surface area (Å²) in [6.45, 7) is -1.48. The van der Waals surface area contributed by atoms with E-state index >= 15 is 0 Å². The molecular formula is C24H36O15. The first-order chi connectivity index (χ1) is 18.6. The first kappa shape index (κ1) is 30.6. The lowest BCUT2D eigenvalue weighted by Crippen LogP contribution is -2.65. The van der Waals surface area contributed by atoms with Crippen LogP contribution in [0.3, 0.4) is 0 Å². The summed E-state index contributed by atoms with van der Waals surface area (Å²) in [5, 5.41) is 91.2. The molecule has 1 aromatic rings. The Balaban J connectivity index is 1.47. The van der Waals surface area contributed by atoms with Gasteiger partial charge >= 0.3 is 0 Å². The molecule has 4 rings (SSSR count). The van der Waals surface area contributed by atoms with Gasteiger partial charge in [0.15, 0.2) is 18.9 Å². The number of ether oxygens (including phenoxy) is 6. The van der Waals surface area contributed by atoms with Gasteiger partial charge in [-0.2, -0.15) is 0 Å². The maximum absolute atomic E-state index is 11.0. The zero-order valence-electron chi connectivity index (χ0n) is 20.8. The van der Waals surface area contributed by atoms with Crippen LogP contribution >= 0.6 is 0 Å². The second-order valence-electron chi connectivity index (χ2n) is 9.70. The number of hydrogen-bond donors (Lipinski definition) is 9. The van der Waals surface area contributed by atoms with Gasteiger partial charge in [-0.1, -0.05) is 30.3 Å². The van der Waals surface area contributed by atoms with Crippen molar-refractivity contribution in [2.75, 3.05) is 19.8 Å². The predicted octanol–water partition coefficient (Wildman–Crippen LogP) is -4.71. The highest BCUT2D eigenvalue weighted by molar-refractivity contribution is 5.13. The molecule has 3 fully saturated rings. The lowest BCUT2D eigenvalue weighted by atomic mass is 9.97. The monoisotopic (exact) mass is 564 g/mol. The van der Waals surface area contributed by atoms with Crippen LogP contribution < -0.4 is 0 Å². The van der Waals surface area contributed by atoms with Crippen molar-refractivity contribution in [3.8, 4) is 0 Å². The number of rotatable bonds is 9. The minimum Gasteiger partial charge on any atom is -0.394 e. The second-order valence-corrected chi connectivity index (χ2v) is 9.70. The van der Waals surface area contributed by atoms with Crippen LogP contribution in [0.1, 0.15) is 5.56 Å². The van der Waals surface area contributed by atoms with Crippen LogP contribution in [0.2, 0.25) is 0 Å². The van der Waals surface area contributed by atoms with Gasteiger partial charge in [0.25, 0.3) is 0 Å². The predicted molar refractivity (Wildman–Crippen MR) is 124 cm³/mol. The van der Waals surface area contributed by atoms with Crippen LogP contribution in [0, 0.1) is 0 Å². The van der Waals surface area contributed by atoms with Crippen molar-refractivity contribution in [1.82, 2.24) is 0 Å². The van der Waals surface area contributed by atoms with Crippen molar-refractivity contribution in [3.05, 3.63) is 35.9 Å². The molecule has 0 unspecified atom stereocenters. The van der Waals surface area contributed by atoms with Crippen LogP contribution in [0.15, 0.2) is 30.3 Å². The van der Waals surface area contributed by atoms with Gasteiger partial charge in [-0.05, 0) is 5.56 Å². The lowest BCUT2D eigenvalue weighted by molar-refractivity contribution is -0.372. The molecule has 9 N–H and O–H groups in total. The molecule has 3 heterocycles. The molecule has 0 amide bonds. The first-order valence-corrected chi connectivity index (χ1v) is 12.5. The molecule has 15 heteroatoms. The van der Waals surface area contributed by atoms with E-state index in [9.17, 15) is 46.0 Å². The van der Waals surface area contributed by atoms with Gasteiger partial charge in [-0.3, -0.25) is 0 Å². The largest absolute Gasteiger partial charge is 0.394 e. The summed E-state index contributed by atoms with van der Waals surface area (Å²) in [5.41, 5.74) is 0.729. The lowest BCUT2D eigenvalue weighted by Gasteiger charge is -2.46. The van der Waals surface area contributed by atoms with Crippen LogP contribution in [0.5, 0.6) is 0 Å². The standard InChI is InChI=1S/C24H36O15/c25-6-12-15(28)17(30)20(33)23(37-12)39-21-18(31)16(29)13(9-36-22-19(32)14(27)11(26)8-35-22)38-24(21)34-7-10-4-2-1-3-5-10/h1-5,11-33H,6-9H2/t11-,12-,13-,14+,15-,16-,17+,18+,19-,20-,21-,22-,23-,24+/m1/s1. The summed E-state index contributed by atoms with van der Waals surface area (Å²) in [6, 6.07) is 8.89. The van der Waals surface area contributed by atoms with E-state index in [0.717, 1.165) is 5.56 Å². The highest BCUT2D eigenvalue weighted by Gasteiger charge is 2.51. The van der Waals surface area contributed by atoms with Gasteiger partial charge in [0, 0.05) is 0 Å². The van der Waals surface area contributed by atoms with E-state index in [1.54, 1.807) is 30.3 Å². The Kier molecular flexibility index (Phi) is 10.6. The molecule has 0 spiro atoms. The smallest absolute Gasteiger partial charge is 0.187 e. The maximum atomic E-state index is 11.0. The molecule has 1 aromatic carbocycles. The van der Waals surface area contributed by atoms with Crippen LogP contribution in [-0.4, -0.2) is 152 Å². The summed E-state index contributed by atoms with van der Waals surface area (Å²) >= 11 is 0. The first-order valence-electron chi connectivity index (χ1n) is 12.5. The molecule has 15 nitrogen and oxygen atoms in total. The fourth-order valence-corrected chi connectivity index (χ4v) is 4.52. The molecule has 39 heavy (non-hydrogen) atoms. The third-order valence-electron chi connectivity index (χ3n) is 6.92. The quantitative estimate of drug-likeness (QED) is 0.137. The van der Waals surface area contributed by atoms with Crippen LogP contribution in [0.4, 0.5) is 0 Å². The van der Waals surface area contributed by atoms with Gasteiger partial charge in [0.1, 0.15) is 67.1 Å². The Morgan fingerprint density at radius 1 is 0.667 bits per heavy atom. The zero-order chi connectivity index (χ0) is 28.3. The van der Waals surface area contributed by atoms with E-state index in [-0.39, 0.29) is 13.2 Å². The Hall–Kier alpha value is -1.38. The van der Waals surface area contributed by atoms with Crippen molar-refractivity contribution in [1.29, 1.82) is 0 Å². The normalized spacial score (nSPS) is 45.3. The minimum atomic E-state index is -1.78. The molecule has 14 atom stereocenters. The molecule has 0 aliphatic carbocycles. The molecular weight excluding hydrogens is 528 g/mol. The fourth-order valence-electron chi connectivity index (χ4n) is 4.52. The van der Waals surface area contributed by atoms with Crippen molar-refractivity contribution in [2.24, 2.45) is 0 Å². The van der Waals surface area contributed by atoms with Gasteiger partial charge in [0.2, 0.25) is 0 Å². The van der Waals surface area contributed by atoms with E-state index < -0.39 is 99.2 Å². The van der Waals surface area contributed by atoms with Gasteiger partial charge in [-0.25, -0.2) is 0 Å². The van der Waals surface area contributed by atoms with Crippen molar-refractivity contribution in [2.45, 2.75) is 92.6 Å². The Bertz CT molecular complexity index is 876. The zero-order valence-corrected chi connectivity index (χ0v) is 20.8. The number of aliphatic hydroxyl groups is 9. The maximum Gasteiger partial charge on any atom is 0.187 e. The number of benzene rings is 1. The molecule has 0 radical (unpaired) electrons. The molecule has 3 aliphatic rings. The third kappa shape index (κ3) is 6.92. The van der Waals surface area contributed by atoms with Crippen LogP contribution in [0.25, 0.3) is 0 Å². The average Bonchev–Trinajstić information content (AvgIpc) is 2.94. The van der Waals surface area contributed by atoms with Crippen molar-refractivity contribution >= 4 is 0 Å². The summed E-state index contributed by atoms with van der Waals surface area (Å²) in [5.74, 6) is 0. The Morgan fingerprint density at radius 2 is 1.31 bits per heavy atom. The van der Waals surface area contributed by atoms with Crippen molar-refractivity contribution < 1.29 is 74.4 Å². The molecule has 0 aromatic heterocycles.